The number of anilines is 1. The average Bonchev–Trinajstić information content (AvgIpc) is 2.84. The molecule has 3 aromatic carbocycles. The van der Waals surface area contributed by atoms with Crippen LogP contribution in [0.15, 0.2) is 54.6 Å². The number of benzene rings is 3. The van der Waals surface area contributed by atoms with Crippen molar-refractivity contribution in [1.29, 1.82) is 0 Å². The van der Waals surface area contributed by atoms with Crippen molar-refractivity contribution in [3.63, 3.8) is 0 Å². The molecule has 32 heavy (non-hydrogen) atoms. The van der Waals surface area contributed by atoms with Crippen LogP contribution in [0.1, 0.15) is 41.3 Å². The first-order valence-corrected chi connectivity index (χ1v) is 11.3. The quantitative estimate of drug-likeness (QED) is 0.604. The number of hydrogen-bond donors (Lipinski definition) is 1. The van der Waals surface area contributed by atoms with Crippen molar-refractivity contribution in [3.05, 3.63) is 71.3 Å². The summed E-state index contributed by atoms with van der Waals surface area (Å²) in [6.07, 6.45) is 2.45. The van der Waals surface area contributed by atoms with Gasteiger partial charge in [-0.3, -0.25) is 9.59 Å². The van der Waals surface area contributed by atoms with Crippen molar-refractivity contribution >= 4 is 28.3 Å². The molecule has 1 aliphatic rings. The Balaban J connectivity index is 1.54. The Morgan fingerprint density at radius 3 is 2.59 bits per heavy atom. The van der Waals surface area contributed by atoms with E-state index in [1.165, 1.54) is 0 Å². The molecule has 2 amide bonds. The minimum Gasteiger partial charge on any atom is -0.496 e. The number of aryl methyl sites for hydroxylation is 2. The monoisotopic (exact) mass is 430 g/mol. The molecule has 3 aromatic rings. The van der Waals surface area contributed by atoms with Gasteiger partial charge in [0.25, 0.3) is 5.91 Å². The fourth-order valence-electron chi connectivity index (χ4n) is 4.61. The van der Waals surface area contributed by atoms with Gasteiger partial charge in [0.15, 0.2) is 0 Å². The number of piperidine rings is 1. The first-order valence-electron chi connectivity index (χ1n) is 11.3. The van der Waals surface area contributed by atoms with Gasteiger partial charge >= 0.3 is 0 Å². The average molecular weight is 431 g/mol. The van der Waals surface area contributed by atoms with Crippen LogP contribution in [0.25, 0.3) is 10.8 Å². The van der Waals surface area contributed by atoms with E-state index >= 15 is 0 Å². The number of hydrogen-bond acceptors (Lipinski definition) is 3. The molecular weight excluding hydrogens is 400 g/mol. The minimum atomic E-state index is -0.221. The van der Waals surface area contributed by atoms with Crippen LogP contribution in [0.2, 0.25) is 0 Å². The first-order chi connectivity index (χ1) is 15.5. The van der Waals surface area contributed by atoms with Crippen LogP contribution < -0.4 is 10.1 Å². The predicted octanol–water partition coefficient (Wildman–Crippen LogP) is 5.21. The first kappa shape index (κ1) is 21.9. The molecule has 5 heteroatoms. The highest BCUT2D eigenvalue weighted by molar-refractivity contribution is 6.08. The van der Waals surface area contributed by atoms with Crippen molar-refractivity contribution in [2.75, 3.05) is 25.5 Å². The number of ether oxygens (including phenoxy) is 1. The van der Waals surface area contributed by atoms with E-state index in [-0.39, 0.29) is 17.7 Å². The van der Waals surface area contributed by atoms with E-state index in [1.807, 2.05) is 66.4 Å². The zero-order valence-electron chi connectivity index (χ0n) is 19.0. The van der Waals surface area contributed by atoms with Gasteiger partial charge in [-0.2, -0.15) is 0 Å². The molecule has 0 unspecified atom stereocenters. The Kier molecular flexibility index (Phi) is 6.45. The number of nitrogens with one attached hydrogen (secondary N) is 1. The Morgan fingerprint density at radius 2 is 1.84 bits per heavy atom. The van der Waals surface area contributed by atoms with E-state index in [1.54, 1.807) is 7.11 Å². The van der Waals surface area contributed by atoms with Gasteiger partial charge in [0, 0.05) is 29.7 Å². The van der Waals surface area contributed by atoms with Crippen LogP contribution in [0.4, 0.5) is 5.69 Å². The number of fused-ring (bicyclic) bond motifs is 1. The Bertz CT molecular complexity index is 1150. The van der Waals surface area contributed by atoms with E-state index in [4.69, 9.17) is 4.74 Å². The van der Waals surface area contributed by atoms with Gasteiger partial charge in [0.05, 0.1) is 13.0 Å². The molecule has 1 N–H and O–H groups in total. The molecule has 166 valence electrons. The number of para-hydroxylation sites is 1. The van der Waals surface area contributed by atoms with Crippen LogP contribution >= 0.6 is 0 Å². The largest absolute Gasteiger partial charge is 0.496 e. The van der Waals surface area contributed by atoms with Crippen molar-refractivity contribution in [2.24, 2.45) is 5.92 Å². The van der Waals surface area contributed by atoms with E-state index in [2.05, 4.69) is 12.2 Å². The molecule has 1 heterocycles. The molecule has 0 bridgehead atoms. The predicted molar refractivity (Wildman–Crippen MR) is 128 cm³/mol. The van der Waals surface area contributed by atoms with Crippen molar-refractivity contribution in [2.45, 2.75) is 33.1 Å². The fourth-order valence-corrected chi connectivity index (χ4v) is 4.61. The fraction of sp³-hybridized carbons (Fsp3) is 0.333. The number of methoxy groups -OCH3 is 1. The number of carbonyl (C=O) groups is 2. The van der Waals surface area contributed by atoms with E-state index in [9.17, 15) is 9.59 Å². The van der Waals surface area contributed by atoms with Gasteiger partial charge in [-0.05, 0) is 54.8 Å². The summed E-state index contributed by atoms with van der Waals surface area (Å²) in [7, 11) is 1.63. The lowest BCUT2D eigenvalue weighted by Crippen LogP contribution is -2.44. The van der Waals surface area contributed by atoms with Gasteiger partial charge in [-0.15, -0.1) is 0 Å². The maximum absolute atomic E-state index is 13.4. The molecule has 5 nitrogen and oxygen atoms in total. The molecule has 4 rings (SSSR count). The van der Waals surface area contributed by atoms with Gasteiger partial charge in [-0.1, -0.05) is 49.4 Å². The summed E-state index contributed by atoms with van der Waals surface area (Å²) in [6.45, 7) is 5.19. The topological polar surface area (TPSA) is 58.6 Å². The molecule has 1 aliphatic heterocycles. The number of nitrogens with zero attached hydrogens (tertiary/aromatic N) is 1. The second-order valence-corrected chi connectivity index (χ2v) is 8.40. The zero-order chi connectivity index (χ0) is 22.7. The second kappa shape index (κ2) is 9.43. The molecule has 0 spiro atoms. The summed E-state index contributed by atoms with van der Waals surface area (Å²) in [5.74, 6) is 0.483. The Morgan fingerprint density at radius 1 is 1.06 bits per heavy atom. The number of likely N-dealkylation sites (tertiary alicyclic amines) is 1. The van der Waals surface area contributed by atoms with Crippen LogP contribution in [-0.4, -0.2) is 36.9 Å². The molecule has 0 saturated carbocycles. The highest BCUT2D eigenvalue weighted by Crippen LogP contribution is 2.30. The van der Waals surface area contributed by atoms with Gasteiger partial charge in [-0.25, -0.2) is 0 Å². The highest BCUT2D eigenvalue weighted by Gasteiger charge is 2.30. The third-order valence-corrected chi connectivity index (χ3v) is 6.40. The van der Waals surface area contributed by atoms with Gasteiger partial charge in [0.2, 0.25) is 5.91 Å². The normalized spacial score (nSPS) is 16.1. The third-order valence-electron chi connectivity index (χ3n) is 6.40. The molecule has 0 radical (unpaired) electrons. The van der Waals surface area contributed by atoms with Crippen LogP contribution in [0.3, 0.4) is 0 Å². The summed E-state index contributed by atoms with van der Waals surface area (Å²) in [5.41, 5.74) is 3.75. The molecular formula is C27H30N2O3. The Labute approximate surface area is 189 Å². The van der Waals surface area contributed by atoms with E-state index < -0.39 is 0 Å². The van der Waals surface area contributed by atoms with Crippen molar-refractivity contribution in [3.8, 4) is 5.75 Å². The maximum Gasteiger partial charge on any atom is 0.254 e. The molecule has 1 saturated heterocycles. The third kappa shape index (κ3) is 4.20. The number of rotatable bonds is 5. The number of carbonyl (C=O) groups excluding carboxylic acids is 2. The minimum absolute atomic E-state index is 0.00825. The SMILES string of the molecule is CCc1cccc(C)c1NC(=O)[C@@H]1CCCN(C(=O)c2ccc(OC)c3ccccc23)C1. The molecule has 1 fully saturated rings. The van der Waals surface area contributed by atoms with E-state index in [0.29, 0.717) is 18.7 Å². The second-order valence-electron chi connectivity index (χ2n) is 8.40. The molecule has 1 atom stereocenters. The van der Waals surface area contributed by atoms with Crippen LogP contribution in [0, 0.1) is 12.8 Å². The summed E-state index contributed by atoms with van der Waals surface area (Å²) < 4.78 is 5.46. The van der Waals surface area contributed by atoms with E-state index in [0.717, 1.165) is 52.6 Å². The van der Waals surface area contributed by atoms with Gasteiger partial charge < -0.3 is 15.0 Å². The zero-order valence-corrected chi connectivity index (χ0v) is 19.0. The number of amides is 2. The van der Waals surface area contributed by atoms with Crippen LogP contribution in [0.5, 0.6) is 5.75 Å². The van der Waals surface area contributed by atoms with Gasteiger partial charge in [0.1, 0.15) is 5.75 Å². The lowest BCUT2D eigenvalue weighted by atomic mass is 9.95. The van der Waals surface area contributed by atoms with Crippen molar-refractivity contribution in [1.82, 2.24) is 4.90 Å². The summed E-state index contributed by atoms with van der Waals surface area (Å²) >= 11 is 0. The van der Waals surface area contributed by atoms with Crippen molar-refractivity contribution < 1.29 is 14.3 Å². The lowest BCUT2D eigenvalue weighted by molar-refractivity contribution is -0.121. The molecule has 0 aliphatic carbocycles. The van der Waals surface area contributed by atoms with Crippen LogP contribution in [-0.2, 0) is 11.2 Å². The summed E-state index contributed by atoms with van der Waals surface area (Å²) in [4.78, 5) is 28.4. The lowest BCUT2D eigenvalue weighted by Gasteiger charge is -2.32. The maximum atomic E-state index is 13.4. The molecule has 0 aromatic heterocycles. The Hall–Kier alpha value is -3.34. The smallest absolute Gasteiger partial charge is 0.254 e. The highest BCUT2D eigenvalue weighted by atomic mass is 16.5. The summed E-state index contributed by atoms with van der Waals surface area (Å²) in [5, 5.41) is 4.94. The summed E-state index contributed by atoms with van der Waals surface area (Å²) in [6, 6.07) is 17.5. The standard InChI is InChI=1S/C27H30N2O3/c1-4-19-10-7-9-18(2)25(19)28-26(30)20-11-8-16-29(17-20)27(31)23-14-15-24(32-3)22-13-6-5-12-21(22)23/h5-7,9-10,12-15,20H,4,8,11,16-17H2,1-3H3,(H,28,30)/t20-/m1/s1.